The Morgan fingerprint density at radius 2 is 1.86 bits per heavy atom. The first kappa shape index (κ1) is 11.2. The molecule has 0 aliphatic carbocycles. The molecular weight excluding hydrogens is 266 g/mol. The van der Waals surface area contributed by atoms with E-state index in [1.807, 2.05) is 6.92 Å². The van der Waals surface area contributed by atoms with Gasteiger partial charge in [0.25, 0.3) is 9.84 Å². The van der Waals surface area contributed by atoms with Gasteiger partial charge in [0.05, 0.1) is 4.90 Å². The van der Waals surface area contributed by atoms with Crippen molar-refractivity contribution in [3.8, 4) is 0 Å². The zero-order valence-corrected chi connectivity index (χ0v) is 9.84. The average Bonchev–Trinajstić information content (AvgIpc) is 2.17. The van der Waals surface area contributed by atoms with E-state index in [1.54, 1.807) is 12.1 Å². The summed E-state index contributed by atoms with van der Waals surface area (Å²) in [4.78, 5) is 3.11. The molecule has 0 bridgehead atoms. The third-order valence-corrected chi connectivity index (χ3v) is 4.93. The molecular formula is C9H8BrNO2S. The first-order chi connectivity index (χ1) is 6.48. The minimum atomic E-state index is -3.54. The van der Waals surface area contributed by atoms with Gasteiger partial charge < -0.3 is 0 Å². The molecule has 0 aromatic heterocycles. The lowest BCUT2D eigenvalue weighted by atomic mass is 10.2. The number of hydrogen-bond acceptors (Lipinski definition) is 2. The smallest absolute Gasteiger partial charge is 0.284 e. The molecule has 0 saturated heterocycles. The van der Waals surface area contributed by atoms with Gasteiger partial charge in [-0.05, 0) is 19.1 Å². The number of aryl methyl sites for hydroxylation is 1. The van der Waals surface area contributed by atoms with Crippen molar-refractivity contribution in [2.45, 2.75) is 16.1 Å². The molecule has 0 radical (unpaired) electrons. The van der Waals surface area contributed by atoms with Gasteiger partial charge in [-0.15, -0.1) is 0 Å². The number of benzene rings is 1. The number of alkyl halides is 1. The molecule has 0 saturated carbocycles. The average molecular weight is 274 g/mol. The second kappa shape index (κ2) is 4.11. The van der Waals surface area contributed by atoms with Crippen LogP contribution < -0.4 is 0 Å². The van der Waals surface area contributed by atoms with Crippen molar-refractivity contribution in [2.75, 3.05) is 0 Å². The Hall–Kier alpha value is -0.860. The molecule has 0 spiro atoms. The van der Waals surface area contributed by atoms with Crippen LogP contribution in [-0.4, -0.2) is 12.7 Å². The lowest BCUT2D eigenvalue weighted by molar-refractivity contribution is 0.597. The highest BCUT2D eigenvalue weighted by molar-refractivity contribution is 9.11. The zero-order chi connectivity index (χ0) is 10.8. The Morgan fingerprint density at radius 1 is 1.36 bits per heavy atom. The lowest BCUT2D eigenvalue weighted by Crippen LogP contribution is -2.10. The van der Waals surface area contributed by atoms with E-state index >= 15 is 0 Å². The molecule has 5 heteroatoms. The van der Waals surface area contributed by atoms with Crippen LogP contribution in [0.5, 0.6) is 0 Å². The number of sulfone groups is 1. The SMILES string of the molecule is [C-]#[N+]C(Br)S(=O)(=O)c1ccc(C)cc1. The summed E-state index contributed by atoms with van der Waals surface area (Å²) in [6, 6.07) is 6.42. The maximum absolute atomic E-state index is 11.6. The van der Waals surface area contributed by atoms with Crippen LogP contribution in [0.15, 0.2) is 29.2 Å². The van der Waals surface area contributed by atoms with Crippen molar-refractivity contribution in [1.82, 2.24) is 0 Å². The Morgan fingerprint density at radius 3 is 2.29 bits per heavy atom. The van der Waals surface area contributed by atoms with Crippen LogP contribution in [0.2, 0.25) is 0 Å². The van der Waals surface area contributed by atoms with E-state index in [1.165, 1.54) is 12.1 Å². The van der Waals surface area contributed by atoms with E-state index in [2.05, 4.69) is 20.8 Å². The third-order valence-electron chi connectivity index (χ3n) is 1.71. The minimum Gasteiger partial charge on any atom is -0.284 e. The maximum Gasteiger partial charge on any atom is 0.377 e. The van der Waals surface area contributed by atoms with E-state index in [0.717, 1.165) is 5.56 Å². The summed E-state index contributed by atoms with van der Waals surface area (Å²) < 4.78 is 22.0. The maximum atomic E-state index is 11.6. The van der Waals surface area contributed by atoms with Crippen molar-refractivity contribution < 1.29 is 8.42 Å². The third kappa shape index (κ3) is 2.14. The predicted molar refractivity (Wildman–Crippen MR) is 57.7 cm³/mol. The number of rotatable bonds is 2. The topological polar surface area (TPSA) is 38.5 Å². The highest BCUT2D eigenvalue weighted by Crippen LogP contribution is 2.21. The molecule has 0 amide bonds. The molecule has 1 aromatic rings. The van der Waals surface area contributed by atoms with Gasteiger partial charge in [0, 0.05) is 15.9 Å². The van der Waals surface area contributed by atoms with Gasteiger partial charge in [-0.2, -0.15) is 0 Å². The summed E-state index contributed by atoms with van der Waals surface area (Å²) >= 11 is 2.81. The first-order valence-electron chi connectivity index (χ1n) is 3.79. The van der Waals surface area contributed by atoms with E-state index in [9.17, 15) is 8.42 Å². The molecule has 3 nitrogen and oxygen atoms in total. The Bertz CT molecular complexity index is 459. The van der Waals surface area contributed by atoms with E-state index in [-0.39, 0.29) is 4.90 Å². The minimum absolute atomic E-state index is 0.168. The van der Waals surface area contributed by atoms with Gasteiger partial charge in [-0.1, -0.05) is 17.7 Å². The van der Waals surface area contributed by atoms with Crippen molar-refractivity contribution in [1.29, 1.82) is 0 Å². The second-order valence-corrected chi connectivity index (χ2v) is 6.26. The standard InChI is InChI=1S/C9H8BrNO2S/c1-7-3-5-8(6-4-7)14(12,13)9(10)11-2/h3-6,9H,1H3. The molecule has 0 fully saturated rings. The van der Waals surface area contributed by atoms with E-state index < -0.39 is 14.1 Å². The monoisotopic (exact) mass is 273 g/mol. The molecule has 74 valence electrons. The van der Waals surface area contributed by atoms with Gasteiger partial charge in [0.1, 0.15) is 0 Å². The highest BCUT2D eigenvalue weighted by Gasteiger charge is 2.29. The van der Waals surface area contributed by atoms with Crippen molar-refractivity contribution in [3.63, 3.8) is 0 Å². The fourth-order valence-electron chi connectivity index (χ4n) is 0.910. The summed E-state index contributed by atoms with van der Waals surface area (Å²) in [5, 5.41) is 0. The van der Waals surface area contributed by atoms with E-state index in [4.69, 9.17) is 6.57 Å². The van der Waals surface area contributed by atoms with Gasteiger partial charge in [0.2, 0.25) is 0 Å². The Labute approximate surface area is 91.6 Å². The Kier molecular flexibility index (Phi) is 3.29. The fourth-order valence-corrected chi connectivity index (χ4v) is 2.44. The summed E-state index contributed by atoms with van der Waals surface area (Å²) in [5.74, 6) is 0. The van der Waals surface area contributed by atoms with Crippen molar-refractivity contribution in [3.05, 3.63) is 41.2 Å². The van der Waals surface area contributed by atoms with Crippen LogP contribution in [0.4, 0.5) is 0 Å². The summed E-state index contributed by atoms with van der Waals surface area (Å²) in [5.41, 5.74) is 0.984. The quantitative estimate of drug-likeness (QED) is 0.472. The van der Waals surface area contributed by atoms with Crippen LogP contribution in [0.25, 0.3) is 4.85 Å². The second-order valence-electron chi connectivity index (χ2n) is 2.78. The molecule has 0 heterocycles. The van der Waals surface area contributed by atoms with Crippen molar-refractivity contribution >= 4 is 25.8 Å². The molecule has 0 N–H and O–H groups in total. The highest BCUT2D eigenvalue weighted by atomic mass is 79.9. The largest absolute Gasteiger partial charge is 0.377 e. The lowest BCUT2D eigenvalue weighted by Gasteiger charge is -2.01. The fraction of sp³-hybridized carbons (Fsp3) is 0.222. The van der Waals surface area contributed by atoms with Gasteiger partial charge in [-0.25, -0.2) is 15.0 Å². The number of hydrogen-bond donors (Lipinski definition) is 0. The van der Waals surface area contributed by atoms with Gasteiger partial charge in [-0.3, -0.25) is 4.85 Å². The summed E-state index contributed by atoms with van der Waals surface area (Å²) in [7, 11) is -3.54. The molecule has 1 aromatic carbocycles. The summed E-state index contributed by atoms with van der Waals surface area (Å²) in [6.45, 7) is 8.53. The molecule has 1 rings (SSSR count). The van der Waals surface area contributed by atoms with E-state index in [0.29, 0.717) is 0 Å². The van der Waals surface area contributed by atoms with Crippen LogP contribution >= 0.6 is 15.9 Å². The van der Waals surface area contributed by atoms with Gasteiger partial charge >= 0.3 is 4.28 Å². The number of halogens is 1. The molecule has 14 heavy (non-hydrogen) atoms. The van der Waals surface area contributed by atoms with Crippen LogP contribution in [0.1, 0.15) is 5.56 Å². The van der Waals surface area contributed by atoms with Gasteiger partial charge in [0.15, 0.2) is 0 Å². The molecule has 1 atom stereocenters. The molecule has 0 aliphatic heterocycles. The molecule has 1 unspecified atom stereocenters. The van der Waals surface area contributed by atoms with Crippen molar-refractivity contribution in [2.24, 2.45) is 0 Å². The van der Waals surface area contributed by atoms with Crippen LogP contribution in [0.3, 0.4) is 0 Å². The predicted octanol–water partition coefficient (Wildman–Crippen LogP) is 2.37. The Balaban J connectivity index is 3.19. The first-order valence-corrected chi connectivity index (χ1v) is 6.26. The zero-order valence-electron chi connectivity index (χ0n) is 7.44. The molecule has 0 aliphatic rings. The normalized spacial score (nSPS) is 13.2. The summed E-state index contributed by atoms with van der Waals surface area (Å²) in [6.07, 6.45) is 0. The van der Waals surface area contributed by atoms with Crippen LogP contribution in [-0.2, 0) is 9.84 Å². The number of nitrogens with zero attached hydrogens (tertiary/aromatic N) is 1. The van der Waals surface area contributed by atoms with Crippen LogP contribution in [0, 0.1) is 13.5 Å².